The summed E-state index contributed by atoms with van der Waals surface area (Å²) in [6.07, 6.45) is 3.44. The summed E-state index contributed by atoms with van der Waals surface area (Å²) >= 11 is 0. The monoisotopic (exact) mass is 461 g/mol. The van der Waals surface area contributed by atoms with Crippen LogP contribution >= 0.6 is 0 Å². The van der Waals surface area contributed by atoms with Crippen LogP contribution in [0.15, 0.2) is 65.4 Å². The van der Waals surface area contributed by atoms with Gasteiger partial charge in [-0.3, -0.25) is 4.79 Å². The fraction of sp³-hybridized carbons (Fsp3) is 0.320. The van der Waals surface area contributed by atoms with E-state index in [-0.39, 0.29) is 11.9 Å². The second-order valence-electron chi connectivity index (χ2n) is 9.05. The van der Waals surface area contributed by atoms with Gasteiger partial charge < -0.3 is 13.9 Å². The van der Waals surface area contributed by atoms with E-state index in [9.17, 15) is 4.79 Å². The van der Waals surface area contributed by atoms with Gasteiger partial charge in [-0.05, 0) is 80.4 Å². The van der Waals surface area contributed by atoms with Crippen LogP contribution in [0.5, 0.6) is 11.5 Å². The van der Waals surface area contributed by atoms with Crippen LogP contribution in [-0.4, -0.2) is 36.8 Å². The maximum Gasteiger partial charge on any atom is 0.306 e. The summed E-state index contributed by atoms with van der Waals surface area (Å²) in [7, 11) is 0. The summed E-state index contributed by atoms with van der Waals surface area (Å²) in [5.74, 6) is 2.24. The molecule has 1 atom stereocenters. The minimum atomic E-state index is -0.494. The Morgan fingerprint density at radius 2 is 1.68 bits per heavy atom. The van der Waals surface area contributed by atoms with Crippen LogP contribution in [0, 0.1) is 5.92 Å². The number of esters is 1. The summed E-state index contributed by atoms with van der Waals surface area (Å²) in [6, 6.07) is 15.0. The lowest BCUT2D eigenvalue weighted by Crippen LogP contribution is -2.25. The van der Waals surface area contributed by atoms with Crippen LogP contribution in [-0.2, 0) is 16.1 Å². The van der Waals surface area contributed by atoms with Gasteiger partial charge in [0.1, 0.15) is 23.4 Å². The highest BCUT2D eigenvalue weighted by Gasteiger charge is 2.19. The molecule has 0 radical (unpaired) electrons. The molecule has 9 heteroatoms. The number of aromatic nitrogens is 5. The quantitative estimate of drug-likeness (QED) is 0.332. The zero-order valence-electron chi connectivity index (χ0n) is 19.6. The van der Waals surface area contributed by atoms with E-state index in [2.05, 4.69) is 20.4 Å². The Morgan fingerprint density at radius 1 is 1.03 bits per heavy atom. The van der Waals surface area contributed by atoms with Crippen LogP contribution in [0.2, 0.25) is 0 Å². The second-order valence-corrected chi connectivity index (χ2v) is 9.05. The summed E-state index contributed by atoms with van der Waals surface area (Å²) in [5, 5.41) is 12.7. The van der Waals surface area contributed by atoms with Gasteiger partial charge in [-0.1, -0.05) is 6.92 Å². The molecule has 0 saturated heterocycles. The summed E-state index contributed by atoms with van der Waals surface area (Å²) in [4.78, 5) is 17.7. The molecule has 4 rings (SSSR count). The van der Waals surface area contributed by atoms with Gasteiger partial charge in [-0.25, -0.2) is 4.98 Å². The number of rotatable bonds is 8. The van der Waals surface area contributed by atoms with Crippen LogP contribution in [0.4, 0.5) is 0 Å². The van der Waals surface area contributed by atoms with Crippen LogP contribution in [0.1, 0.15) is 34.1 Å². The van der Waals surface area contributed by atoms with Crippen molar-refractivity contribution >= 4 is 5.97 Å². The van der Waals surface area contributed by atoms with Crippen molar-refractivity contribution in [2.75, 3.05) is 0 Å². The summed E-state index contributed by atoms with van der Waals surface area (Å²) < 4.78 is 16.6. The number of carbonyl (C=O) groups excluding carboxylic acids is 1. The number of benzene rings is 2. The predicted octanol–water partition coefficient (Wildman–Crippen LogP) is 5.16. The summed E-state index contributed by atoms with van der Waals surface area (Å²) in [5.41, 5.74) is 1.20. The number of ether oxygens (including phenoxy) is 2. The highest BCUT2D eigenvalue weighted by molar-refractivity contribution is 5.70. The average Bonchev–Trinajstić information content (AvgIpc) is 3.46. The molecule has 2 aromatic heterocycles. The maximum absolute atomic E-state index is 12.0. The number of nitrogens with zero attached hydrogens (tertiary/aromatic N) is 5. The zero-order chi connectivity index (χ0) is 24.1. The first-order valence-electron chi connectivity index (χ1n) is 11.0. The molecule has 2 aromatic carbocycles. The first-order valence-corrected chi connectivity index (χ1v) is 11.0. The van der Waals surface area contributed by atoms with Gasteiger partial charge >= 0.3 is 5.97 Å². The Balaban J connectivity index is 1.33. The molecule has 2 heterocycles. The SMILES string of the molecule is C[C@H](CC(=O)OC(C)(C)C)Cn1nnc(-c2ccc(Oc3ccc(-c4ncco4)cc3)cc2)n1. The molecule has 34 heavy (non-hydrogen) atoms. The molecule has 0 aliphatic heterocycles. The maximum atomic E-state index is 12.0. The zero-order valence-corrected chi connectivity index (χ0v) is 19.6. The highest BCUT2D eigenvalue weighted by atomic mass is 16.6. The molecular weight excluding hydrogens is 434 g/mol. The number of hydrogen-bond acceptors (Lipinski definition) is 8. The van der Waals surface area contributed by atoms with Crippen molar-refractivity contribution < 1.29 is 18.7 Å². The Hall–Kier alpha value is -4.01. The van der Waals surface area contributed by atoms with Crippen LogP contribution in [0.25, 0.3) is 22.8 Å². The van der Waals surface area contributed by atoms with Gasteiger partial charge in [0, 0.05) is 17.5 Å². The van der Waals surface area contributed by atoms with Crippen LogP contribution in [0.3, 0.4) is 0 Å². The first kappa shape index (κ1) is 23.2. The molecule has 0 amide bonds. The van der Waals surface area contributed by atoms with Gasteiger partial charge in [-0.15, -0.1) is 10.2 Å². The van der Waals surface area contributed by atoms with Gasteiger partial charge in [0.15, 0.2) is 0 Å². The predicted molar refractivity (Wildman–Crippen MR) is 125 cm³/mol. The number of hydrogen-bond donors (Lipinski definition) is 0. The van der Waals surface area contributed by atoms with E-state index in [1.54, 1.807) is 12.5 Å². The number of oxazole rings is 1. The Kier molecular flexibility index (Phi) is 6.72. The topological polar surface area (TPSA) is 105 Å². The lowest BCUT2D eigenvalue weighted by Gasteiger charge is -2.20. The number of carbonyl (C=O) groups is 1. The van der Waals surface area contributed by atoms with E-state index < -0.39 is 5.60 Å². The molecular formula is C25H27N5O4. The molecule has 0 unspecified atom stereocenters. The third-order valence-corrected chi connectivity index (χ3v) is 4.74. The van der Waals surface area contributed by atoms with Crippen molar-refractivity contribution in [1.82, 2.24) is 25.2 Å². The van der Waals surface area contributed by atoms with Crippen molar-refractivity contribution in [1.29, 1.82) is 0 Å². The Morgan fingerprint density at radius 3 is 2.26 bits per heavy atom. The molecule has 4 aromatic rings. The van der Waals surface area contributed by atoms with Gasteiger partial charge in [-0.2, -0.15) is 4.80 Å². The fourth-order valence-electron chi connectivity index (χ4n) is 3.29. The van der Waals surface area contributed by atoms with Crippen molar-refractivity contribution in [3.8, 4) is 34.3 Å². The standard InChI is InChI=1S/C25H27N5O4/c1-17(15-22(31)34-25(2,3)4)16-30-28-23(27-29-30)18-5-9-20(10-6-18)33-21-11-7-19(8-12-21)24-26-13-14-32-24/h5-14,17H,15-16H2,1-4H3/t17-/m1/s1. The van der Waals surface area contributed by atoms with Crippen molar-refractivity contribution in [3.63, 3.8) is 0 Å². The average molecular weight is 462 g/mol. The third kappa shape index (κ3) is 6.28. The van der Waals surface area contributed by atoms with E-state index in [0.29, 0.717) is 36.2 Å². The largest absolute Gasteiger partial charge is 0.460 e. The Labute approximate surface area is 197 Å². The molecule has 0 bridgehead atoms. The van der Waals surface area contributed by atoms with E-state index in [4.69, 9.17) is 13.9 Å². The van der Waals surface area contributed by atoms with Crippen LogP contribution < -0.4 is 4.74 Å². The lowest BCUT2D eigenvalue weighted by molar-refractivity contribution is -0.155. The fourth-order valence-corrected chi connectivity index (χ4v) is 3.29. The minimum Gasteiger partial charge on any atom is -0.460 e. The van der Waals surface area contributed by atoms with Gasteiger partial charge in [0.2, 0.25) is 11.7 Å². The van der Waals surface area contributed by atoms with Gasteiger partial charge in [0.25, 0.3) is 0 Å². The summed E-state index contributed by atoms with van der Waals surface area (Å²) in [6.45, 7) is 7.99. The van der Waals surface area contributed by atoms with E-state index in [1.807, 2.05) is 76.2 Å². The molecule has 0 saturated carbocycles. The minimum absolute atomic E-state index is 0.0163. The third-order valence-electron chi connectivity index (χ3n) is 4.74. The molecule has 0 aliphatic rings. The van der Waals surface area contributed by atoms with E-state index >= 15 is 0 Å². The van der Waals surface area contributed by atoms with Crippen molar-refractivity contribution in [2.45, 2.75) is 46.3 Å². The van der Waals surface area contributed by atoms with Crippen molar-refractivity contribution in [3.05, 3.63) is 61.0 Å². The Bertz CT molecular complexity index is 1210. The normalized spacial score (nSPS) is 12.4. The van der Waals surface area contributed by atoms with E-state index in [1.165, 1.54) is 4.80 Å². The lowest BCUT2D eigenvalue weighted by atomic mass is 10.1. The molecule has 0 spiro atoms. The van der Waals surface area contributed by atoms with Gasteiger partial charge in [0.05, 0.1) is 12.7 Å². The molecule has 9 nitrogen and oxygen atoms in total. The molecule has 0 N–H and O–H groups in total. The van der Waals surface area contributed by atoms with Crippen molar-refractivity contribution in [2.24, 2.45) is 5.92 Å². The number of tetrazole rings is 1. The second kappa shape index (κ2) is 9.86. The molecule has 176 valence electrons. The first-order chi connectivity index (χ1) is 16.2. The smallest absolute Gasteiger partial charge is 0.306 e. The molecule has 0 aliphatic carbocycles. The molecule has 0 fully saturated rings. The highest BCUT2D eigenvalue weighted by Crippen LogP contribution is 2.26. The van der Waals surface area contributed by atoms with E-state index in [0.717, 1.165) is 11.1 Å².